The van der Waals surface area contributed by atoms with Crippen LogP contribution in [0.25, 0.3) is 0 Å². The molecule has 0 aliphatic carbocycles. The first-order valence-electron chi connectivity index (χ1n) is 7.57. The van der Waals surface area contributed by atoms with Crippen LogP contribution < -0.4 is 14.8 Å². The molecule has 1 aliphatic rings. The fourth-order valence-electron chi connectivity index (χ4n) is 2.31. The molecule has 0 radical (unpaired) electrons. The van der Waals surface area contributed by atoms with Crippen LogP contribution in [0.3, 0.4) is 0 Å². The van der Waals surface area contributed by atoms with Gasteiger partial charge in [-0.05, 0) is 24.1 Å². The van der Waals surface area contributed by atoms with Gasteiger partial charge in [0, 0.05) is 5.75 Å². The summed E-state index contributed by atoms with van der Waals surface area (Å²) in [6, 6.07) is 5.28. The molecule has 2 N–H and O–H groups in total. The molecular formula is C16H23NO4S. The summed E-state index contributed by atoms with van der Waals surface area (Å²) in [6.45, 7) is 2.82. The Labute approximate surface area is 135 Å². The van der Waals surface area contributed by atoms with Gasteiger partial charge in [-0.15, -0.1) is 11.8 Å². The van der Waals surface area contributed by atoms with Crippen molar-refractivity contribution in [1.29, 1.82) is 0 Å². The number of hydrogen-bond acceptors (Lipinski definition) is 5. The van der Waals surface area contributed by atoms with E-state index >= 15 is 0 Å². The number of hydrogen-bond donors (Lipinski definition) is 2. The molecule has 122 valence electrons. The van der Waals surface area contributed by atoms with Crippen LogP contribution in [0.1, 0.15) is 37.1 Å². The zero-order chi connectivity index (χ0) is 15.9. The Morgan fingerprint density at radius 1 is 1.41 bits per heavy atom. The van der Waals surface area contributed by atoms with Gasteiger partial charge in [0.25, 0.3) is 0 Å². The molecule has 0 amide bonds. The summed E-state index contributed by atoms with van der Waals surface area (Å²) in [6.07, 6.45) is 3.31. The van der Waals surface area contributed by atoms with Gasteiger partial charge in [0.2, 0.25) is 0 Å². The molecule has 1 heterocycles. The quantitative estimate of drug-likeness (QED) is 0.716. The van der Waals surface area contributed by atoms with Crippen molar-refractivity contribution >= 4 is 17.7 Å². The van der Waals surface area contributed by atoms with Gasteiger partial charge >= 0.3 is 5.97 Å². The molecule has 5 nitrogen and oxygen atoms in total. The van der Waals surface area contributed by atoms with Crippen LogP contribution in [0.2, 0.25) is 0 Å². The summed E-state index contributed by atoms with van der Waals surface area (Å²) in [5.41, 5.74) is 1.01. The topological polar surface area (TPSA) is 67.8 Å². The van der Waals surface area contributed by atoms with Gasteiger partial charge in [-0.3, -0.25) is 10.1 Å². The van der Waals surface area contributed by atoms with Crippen LogP contribution in [0.15, 0.2) is 18.2 Å². The number of benzene rings is 1. The molecule has 2 unspecified atom stereocenters. The number of carboxylic acids is 1. The molecule has 0 aromatic heterocycles. The molecule has 0 saturated carbocycles. The summed E-state index contributed by atoms with van der Waals surface area (Å²) in [4.78, 5) is 11.0. The molecule has 1 aromatic carbocycles. The number of thioether (sulfide) groups is 1. The number of rotatable bonds is 8. The SMILES string of the molecule is CCCCCOc1cc(C2NC(C(=O)O)CS2)ccc1OC. The van der Waals surface area contributed by atoms with Crippen molar-refractivity contribution in [3.05, 3.63) is 23.8 Å². The van der Waals surface area contributed by atoms with Crippen LogP contribution in [0.4, 0.5) is 0 Å². The van der Waals surface area contributed by atoms with Crippen LogP contribution in [-0.4, -0.2) is 36.6 Å². The second-order valence-electron chi connectivity index (χ2n) is 5.24. The molecule has 6 heteroatoms. The van der Waals surface area contributed by atoms with E-state index in [0.29, 0.717) is 18.1 Å². The first-order chi connectivity index (χ1) is 10.7. The number of nitrogens with one attached hydrogen (secondary N) is 1. The number of aliphatic carboxylic acids is 1. The number of ether oxygens (including phenoxy) is 2. The summed E-state index contributed by atoms with van der Waals surface area (Å²) in [5.74, 6) is 1.19. The average molecular weight is 325 g/mol. The van der Waals surface area contributed by atoms with Gasteiger partial charge < -0.3 is 14.6 Å². The lowest BCUT2D eigenvalue weighted by Crippen LogP contribution is -2.33. The highest BCUT2D eigenvalue weighted by molar-refractivity contribution is 7.99. The maximum atomic E-state index is 11.0. The first-order valence-corrected chi connectivity index (χ1v) is 8.61. The zero-order valence-electron chi connectivity index (χ0n) is 13.0. The molecule has 2 rings (SSSR count). The number of carbonyl (C=O) groups is 1. The lowest BCUT2D eigenvalue weighted by atomic mass is 10.2. The van der Waals surface area contributed by atoms with Crippen molar-refractivity contribution in [3.63, 3.8) is 0 Å². The third-order valence-corrected chi connectivity index (χ3v) is 4.84. The molecular weight excluding hydrogens is 302 g/mol. The van der Waals surface area contributed by atoms with Crippen LogP contribution in [0, 0.1) is 0 Å². The van der Waals surface area contributed by atoms with Gasteiger partial charge in [0.05, 0.1) is 19.1 Å². The van der Waals surface area contributed by atoms with Crippen molar-refractivity contribution in [3.8, 4) is 11.5 Å². The Bertz CT molecular complexity index is 509. The Morgan fingerprint density at radius 3 is 2.86 bits per heavy atom. The largest absolute Gasteiger partial charge is 0.493 e. The maximum Gasteiger partial charge on any atom is 0.321 e. The smallest absolute Gasteiger partial charge is 0.321 e. The fraction of sp³-hybridized carbons (Fsp3) is 0.562. The molecule has 1 fully saturated rings. The predicted molar refractivity (Wildman–Crippen MR) is 87.8 cm³/mol. The minimum atomic E-state index is -0.806. The van der Waals surface area contributed by atoms with Crippen LogP contribution in [-0.2, 0) is 4.79 Å². The second-order valence-corrected chi connectivity index (χ2v) is 6.37. The van der Waals surface area contributed by atoms with Gasteiger partial charge in [0.1, 0.15) is 6.04 Å². The molecule has 0 spiro atoms. The highest BCUT2D eigenvalue weighted by Crippen LogP contribution is 2.37. The molecule has 1 saturated heterocycles. The van der Waals surface area contributed by atoms with Crippen LogP contribution in [0.5, 0.6) is 11.5 Å². The predicted octanol–water partition coefficient (Wildman–Crippen LogP) is 3.05. The monoisotopic (exact) mass is 325 g/mol. The first kappa shape index (κ1) is 17.0. The average Bonchev–Trinajstić information content (AvgIpc) is 3.01. The van der Waals surface area contributed by atoms with Crippen molar-refractivity contribution in [1.82, 2.24) is 5.32 Å². The summed E-state index contributed by atoms with van der Waals surface area (Å²) >= 11 is 1.60. The van der Waals surface area contributed by atoms with E-state index in [4.69, 9.17) is 14.6 Å². The third-order valence-electron chi connectivity index (χ3n) is 3.58. The molecule has 22 heavy (non-hydrogen) atoms. The fourth-order valence-corrected chi connectivity index (χ4v) is 3.53. The maximum absolute atomic E-state index is 11.0. The Morgan fingerprint density at radius 2 is 2.23 bits per heavy atom. The Balaban J connectivity index is 2.05. The van der Waals surface area contributed by atoms with E-state index in [1.54, 1.807) is 18.9 Å². The van der Waals surface area contributed by atoms with E-state index in [-0.39, 0.29) is 5.37 Å². The van der Waals surface area contributed by atoms with Crippen LogP contribution >= 0.6 is 11.8 Å². The minimum absolute atomic E-state index is 0.0232. The van der Waals surface area contributed by atoms with E-state index < -0.39 is 12.0 Å². The molecule has 2 atom stereocenters. The lowest BCUT2D eigenvalue weighted by molar-refractivity contribution is -0.138. The van der Waals surface area contributed by atoms with Gasteiger partial charge in [-0.2, -0.15) is 0 Å². The van der Waals surface area contributed by atoms with Gasteiger partial charge in [-0.25, -0.2) is 0 Å². The van der Waals surface area contributed by atoms with E-state index in [0.717, 1.165) is 30.6 Å². The molecule has 1 aliphatic heterocycles. The second kappa shape index (κ2) is 8.29. The minimum Gasteiger partial charge on any atom is -0.493 e. The zero-order valence-corrected chi connectivity index (χ0v) is 13.8. The van der Waals surface area contributed by atoms with Crippen molar-refractivity contribution < 1.29 is 19.4 Å². The Kier molecular flexibility index (Phi) is 6.39. The lowest BCUT2D eigenvalue weighted by Gasteiger charge is -2.16. The summed E-state index contributed by atoms with van der Waals surface area (Å²) in [5, 5.41) is 12.2. The van der Waals surface area contributed by atoms with Crippen molar-refractivity contribution in [2.75, 3.05) is 19.5 Å². The number of unbranched alkanes of at least 4 members (excludes halogenated alkanes) is 2. The van der Waals surface area contributed by atoms with Crippen molar-refractivity contribution in [2.45, 2.75) is 37.6 Å². The molecule has 0 bridgehead atoms. The number of carboxylic acid groups (broad SMARTS) is 1. The summed E-state index contributed by atoms with van der Waals surface area (Å²) in [7, 11) is 1.62. The highest BCUT2D eigenvalue weighted by atomic mass is 32.2. The summed E-state index contributed by atoms with van der Waals surface area (Å²) < 4.78 is 11.2. The molecule has 1 aromatic rings. The standard InChI is InChI=1S/C16H23NO4S/c1-3-4-5-8-21-14-9-11(6-7-13(14)20-2)15-17-12(10-22-15)16(18)19/h6-7,9,12,15,17H,3-5,8,10H2,1-2H3,(H,18,19). The van der Waals surface area contributed by atoms with E-state index in [1.807, 2.05) is 18.2 Å². The van der Waals surface area contributed by atoms with E-state index in [9.17, 15) is 4.79 Å². The van der Waals surface area contributed by atoms with Gasteiger partial charge in [-0.1, -0.05) is 25.8 Å². The Hall–Kier alpha value is -1.40. The normalized spacial score (nSPS) is 20.8. The third kappa shape index (κ3) is 4.30. The van der Waals surface area contributed by atoms with Gasteiger partial charge in [0.15, 0.2) is 11.5 Å². The van der Waals surface area contributed by atoms with Crippen molar-refractivity contribution in [2.24, 2.45) is 0 Å². The highest BCUT2D eigenvalue weighted by Gasteiger charge is 2.30. The van der Waals surface area contributed by atoms with E-state index in [1.165, 1.54) is 0 Å². The number of methoxy groups -OCH3 is 1. The van der Waals surface area contributed by atoms with E-state index in [2.05, 4.69) is 12.2 Å².